The Morgan fingerprint density at radius 3 is 2.54 bits per heavy atom. The van der Waals surface area contributed by atoms with Crippen molar-refractivity contribution in [2.45, 2.75) is 51.2 Å². The van der Waals surface area contributed by atoms with Gasteiger partial charge in [0.25, 0.3) is 11.6 Å². The quantitative estimate of drug-likeness (QED) is 0.474. The minimum Gasteiger partial charge on any atom is -0.449 e. The van der Waals surface area contributed by atoms with Gasteiger partial charge in [-0.15, -0.1) is 0 Å². The third kappa shape index (κ3) is 4.50. The molecular formula is C18H25N3O5. The van der Waals surface area contributed by atoms with Gasteiger partial charge in [0.1, 0.15) is 5.69 Å². The van der Waals surface area contributed by atoms with E-state index >= 15 is 0 Å². The minimum atomic E-state index is -0.947. The Morgan fingerprint density at radius 2 is 1.96 bits per heavy atom. The second-order valence-electron chi connectivity index (χ2n) is 6.53. The van der Waals surface area contributed by atoms with Crippen molar-refractivity contribution < 1.29 is 19.2 Å². The average Bonchev–Trinajstić information content (AvgIpc) is 2.66. The highest BCUT2D eigenvalue weighted by molar-refractivity contribution is 5.93. The van der Waals surface area contributed by atoms with Gasteiger partial charge in [-0.2, -0.15) is 0 Å². The number of benzene rings is 1. The number of ether oxygens (including phenoxy) is 1. The first kappa shape index (κ1) is 19.7. The molecule has 1 aromatic carbocycles. The van der Waals surface area contributed by atoms with Crippen molar-refractivity contribution in [2.75, 3.05) is 19.4 Å². The third-order valence-corrected chi connectivity index (χ3v) is 4.80. The lowest BCUT2D eigenvalue weighted by atomic mass is 9.94. The fraction of sp³-hybridized carbons (Fsp3) is 0.556. The maximum absolute atomic E-state index is 12.5. The van der Waals surface area contributed by atoms with Gasteiger partial charge in [-0.25, -0.2) is 4.79 Å². The van der Waals surface area contributed by atoms with Crippen LogP contribution in [0.2, 0.25) is 0 Å². The van der Waals surface area contributed by atoms with Crippen LogP contribution in [0.3, 0.4) is 0 Å². The number of carbonyl (C=O) groups is 2. The standard InChI is InChI=1S/C18H25N3O5/c1-12(17(22)20(3)14-7-5-4-6-8-14)26-18(23)13-9-10-15(19-2)16(11-13)21(24)25/h9-12,14,19H,4-8H2,1-3H3/t12-/m1/s1. The first-order chi connectivity index (χ1) is 12.3. The van der Waals surface area contributed by atoms with Crippen LogP contribution in [0, 0.1) is 10.1 Å². The summed E-state index contributed by atoms with van der Waals surface area (Å²) in [4.78, 5) is 37.0. The van der Waals surface area contributed by atoms with Gasteiger partial charge in [0.15, 0.2) is 6.10 Å². The zero-order valence-corrected chi connectivity index (χ0v) is 15.4. The number of carbonyl (C=O) groups excluding carboxylic acids is 2. The number of nitrogens with one attached hydrogen (secondary N) is 1. The summed E-state index contributed by atoms with van der Waals surface area (Å²) < 4.78 is 5.25. The Labute approximate surface area is 152 Å². The van der Waals surface area contributed by atoms with Crippen LogP contribution >= 0.6 is 0 Å². The Bertz CT molecular complexity index is 685. The van der Waals surface area contributed by atoms with Crippen LogP contribution in [-0.4, -0.2) is 47.9 Å². The maximum Gasteiger partial charge on any atom is 0.339 e. The number of amides is 1. The van der Waals surface area contributed by atoms with Gasteiger partial charge in [0.05, 0.1) is 10.5 Å². The Hall–Kier alpha value is -2.64. The number of nitrogens with zero attached hydrogens (tertiary/aromatic N) is 2. The lowest BCUT2D eigenvalue weighted by molar-refractivity contribution is -0.384. The molecule has 1 aromatic rings. The predicted octanol–water partition coefficient (Wildman–Crippen LogP) is 2.97. The van der Waals surface area contributed by atoms with Crippen molar-refractivity contribution in [3.63, 3.8) is 0 Å². The van der Waals surface area contributed by atoms with Gasteiger partial charge < -0.3 is 15.0 Å². The van der Waals surface area contributed by atoms with Crippen LogP contribution in [0.1, 0.15) is 49.4 Å². The molecule has 1 fully saturated rings. The van der Waals surface area contributed by atoms with E-state index in [1.165, 1.54) is 25.5 Å². The van der Waals surface area contributed by atoms with Gasteiger partial charge >= 0.3 is 5.97 Å². The van der Waals surface area contributed by atoms with Crippen molar-refractivity contribution in [3.05, 3.63) is 33.9 Å². The van der Waals surface area contributed by atoms with E-state index in [2.05, 4.69) is 5.32 Å². The van der Waals surface area contributed by atoms with Crippen molar-refractivity contribution in [2.24, 2.45) is 0 Å². The zero-order chi connectivity index (χ0) is 19.3. The molecule has 1 N–H and O–H groups in total. The zero-order valence-electron chi connectivity index (χ0n) is 15.4. The van der Waals surface area contributed by atoms with Crippen LogP contribution in [0.5, 0.6) is 0 Å². The van der Waals surface area contributed by atoms with Crippen LogP contribution in [0.4, 0.5) is 11.4 Å². The topological polar surface area (TPSA) is 102 Å². The highest BCUT2D eigenvalue weighted by Crippen LogP contribution is 2.26. The van der Waals surface area contributed by atoms with E-state index in [1.807, 2.05) is 0 Å². The molecule has 1 aliphatic carbocycles. The summed E-state index contributed by atoms with van der Waals surface area (Å²) in [7, 11) is 3.29. The Balaban J connectivity index is 2.05. The molecule has 8 nitrogen and oxygen atoms in total. The Morgan fingerprint density at radius 1 is 1.31 bits per heavy atom. The van der Waals surface area contributed by atoms with E-state index in [-0.39, 0.29) is 23.2 Å². The largest absolute Gasteiger partial charge is 0.449 e. The summed E-state index contributed by atoms with van der Waals surface area (Å²) in [6.45, 7) is 1.52. The van der Waals surface area contributed by atoms with Gasteiger partial charge in [0, 0.05) is 26.2 Å². The lowest BCUT2D eigenvalue weighted by Crippen LogP contribution is -2.44. The number of hydrogen-bond donors (Lipinski definition) is 1. The first-order valence-electron chi connectivity index (χ1n) is 8.79. The molecule has 2 rings (SSSR count). The van der Waals surface area contributed by atoms with Crippen molar-refractivity contribution in [1.29, 1.82) is 0 Å². The summed E-state index contributed by atoms with van der Waals surface area (Å²) >= 11 is 0. The predicted molar refractivity (Wildman–Crippen MR) is 97.2 cm³/mol. The van der Waals surface area contributed by atoms with Gasteiger partial charge in [-0.3, -0.25) is 14.9 Å². The van der Waals surface area contributed by atoms with Gasteiger partial charge in [0.2, 0.25) is 0 Å². The summed E-state index contributed by atoms with van der Waals surface area (Å²) in [5.74, 6) is -1.01. The SMILES string of the molecule is CNc1ccc(C(=O)O[C@H](C)C(=O)N(C)C2CCCCC2)cc1[N+](=O)[O-]. The number of anilines is 1. The molecule has 0 heterocycles. The monoisotopic (exact) mass is 363 g/mol. The van der Waals surface area contributed by atoms with Crippen LogP contribution in [-0.2, 0) is 9.53 Å². The van der Waals surface area contributed by atoms with Crippen molar-refractivity contribution in [1.82, 2.24) is 4.90 Å². The molecule has 0 spiro atoms. The number of nitro groups is 1. The molecule has 1 atom stereocenters. The molecule has 0 saturated heterocycles. The van der Waals surface area contributed by atoms with Gasteiger partial charge in [-0.1, -0.05) is 19.3 Å². The highest BCUT2D eigenvalue weighted by Gasteiger charge is 2.28. The molecule has 142 valence electrons. The fourth-order valence-electron chi connectivity index (χ4n) is 3.24. The summed E-state index contributed by atoms with van der Waals surface area (Å²) in [5, 5.41) is 13.8. The van der Waals surface area contributed by atoms with E-state index in [0.717, 1.165) is 31.7 Å². The van der Waals surface area contributed by atoms with E-state index < -0.39 is 17.0 Å². The molecule has 1 aliphatic rings. The van der Waals surface area contributed by atoms with E-state index in [0.29, 0.717) is 5.69 Å². The molecule has 1 amide bonds. The second-order valence-corrected chi connectivity index (χ2v) is 6.53. The minimum absolute atomic E-state index is 0.0377. The molecule has 0 aromatic heterocycles. The highest BCUT2D eigenvalue weighted by atomic mass is 16.6. The fourth-order valence-corrected chi connectivity index (χ4v) is 3.24. The van der Waals surface area contributed by atoms with Crippen molar-refractivity contribution in [3.8, 4) is 0 Å². The molecule has 8 heteroatoms. The summed E-state index contributed by atoms with van der Waals surface area (Å²) in [5.41, 5.74) is 0.114. The summed E-state index contributed by atoms with van der Waals surface area (Å²) in [6.07, 6.45) is 4.35. The molecule has 0 bridgehead atoms. The number of esters is 1. The molecule has 1 saturated carbocycles. The molecule has 26 heavy (non-hydrogen) atoms. The van der Waals surface area contributed by atoms with Gasteiger partial charge in [-0.05, 0) is 31.9 Å². The maximum atomic E-state index is 12.5. The van der Waals surface area contributed by atoms with E-state index in [9.17, 15) is 19.7 Å². The normalized spacial score (nSPS) is 15.8. The summed E-state index contributed by atoms with van der Waals surface area (Å²) in [6, 6.07) is 4.20. The number of rotatable bonds is 6. The smallest absolute Gasteiger partial charge is 0.339 e. The number of likely N-dealkylation sites (N-methyl/N-ethyl adjacent to an activating group) is 1. The molecule has 0 unspecified atom stereocenters. The number of nitro benzene ring substituents is 1. The van der Waals surface area contributed by atoms with Crippen LogP contribution < -0.4 is 5.32 Å². The third-order valence-electron chi connectivity index (χ3n) is 4.80. The van der Waals surface area contributed by atoms with Crippen molar-refractivity contribution >= 4 is 23.3 Å². The second kappa shape index (κ2) is 8.64. The first-order valence-corrected chi connectivity index (χ1v) is 8.79. The Kier molecular flexibility index (Phi) is 6.54. The number of hydrogen-bond acceptors (Lipinski definition) is 6. The van der Waals surface area contributed by atoms with E-state index in [1.54, 1.807) is 19.0 Å². The molecular weight excluding hydrogens is 338 g/mol. The van der Waals surface area contributed by atoms with Crippen LogP contribution in [0.25, 0.3) is 0 Å². The lowest BCUT2D eigenvalue weighted by Gasteiger charge is -2.32. The average molecular weight is 363 g/mol. The molecule has 0 radical (unpaired) electrons. The molecule has 0 aliphatic heterocycles. The van der Waals surface area contributed by atoms with Crippen LogP contribution in [0.15, 0.2) is 18.2 Å². The van der Waals surface area contributed by atoms with E-state index in [4.69, 9.17) is 4.74 Å².